The summed E-state index contributed by atoms with van der Waals surface area (Å²) in [5.74, 6) is -3.86. The van der Waals surface area contributed by atoms with Crippen LogP contribution in [0.2, 0.25) is 0 Å². The molecule has 0 radical (unpaired) electrons. The molecule has 6 heteroatoms. The lowest BCUT2D eigenvalue weighted by atomic mass is 9.54. The van der Waals surface area contributed by atoms with E-state index < -0.39 is 34.8 Å². The van der Waals surface area contributed by atoms with Crippen LogP contribution in [0.1, 0.15) is 53.9 Å². The Labute approximate surface area is 177 Å². The minimum Gasteiger partial charge on any atom is -0.481 e. The van der Waals surface area contributed by atoms with Crippen LogP contribution < -0.4 is 0 Å². The number of rotatable bonds is 4. The van der Waals surface area contributed by atoms with Gasteiger partial charge in [0.1, 0.15) is 0 Å². The van der Waals surface area contributed by atoms with Crippen molar-refractivity contribution < 1.29 is 29.7 Å². The highest BCUT2D eigenvalue weighted by atomic mass is 16.4. The first-order valence-electron chi connectivity index (χ1n) is 10.9. The van der Waals surface area contributed by atoms with Crippen molar-refractivity contribution in [1.82, 2.24) is 0 Å². The molecule has 0 aromatic carbocycles. The maximum absolute atomic E-state index is 14.2. The first-order valence-corrected chi connectivity index (χ1v) is 10.9. The standard InChI is InChI=1S/C24H32O6/c1-11-6-14-20-17(22(20,4)5)7-13(3)23(21(14)29)10-12(2)16(9-19(27)28)24(23,30)15(11)8-18(25)26/h6,10,13-17,20,30H,7-9H2,1-5H3,(H,25,26)(H,27,28). The van der Waals surface area contributed by atoms with Crippen LogP contribution in [0.3, 0.4) is 0 Å². The highest BCUT2D eigenvalue weighted by Crippen LogP contribution is 2.73. The monoisotopic (exact) mass is 416 g/mol. The molecule has 2 bridgehead atoms. The van der Waals surface area contributed by atoms with Gasteiger partial charge in [-0.25, -0.2) is 0 Å². The van der Waals surface area contributed by atoms with Crippen molar-refractivity contribution in [3.05, 3.63) is 23.3 Å². The van der Waals surface area contributed by atoms with E-state index in [1.165, 1.54) is 0 Å². The number of ketones is 1. The third-order valence-electron chi connectivity index (χ3n) is 9.10. The van der Waals surface area contributed by atoms with E-state index in [9.17, 15) is 29.7 Å². The van der Waals surface area contributed by atoms with Gasteiger partial charge in [0.25, 0.3) is 0 Å². The second-order valence-corrected chi connectivity index (χ2v) is 10.8. The number of carbonyl (C=O) groups excluding carboxylic acids is 1. The van der Waals surface area contributed by atoms with Crippen LogP contribution in [0.15, 0.2) is 23.3 Å². The van der Waals surface area contributed by atoms with Gasteiger partial charge in [0.05, 0.1) is 23.9 Å². The zero-order valence-electron chi connectivity index (χ0n) is 18.3. The molecule has 0 heterocycles. The number of aliphatic carboxylic acids is 2. The summed E-state index contributed by atoms with van der Waals surface area (Å²) < 4.78 is 0. The molecule has 6 nitrogen and oxygen atoms in total. The van der Waals surface area contributed by atoms with E-state index >= 15 is 0 Å². The first kappa shape index (κ1) is 21.3. The number of hydrogen-bond acceptors (Lipinski definition) is 4. The van der Waals surface area contributed by atoms with Gasteiger partial charge in [-0.3, -0.25) is 14.4 Å². The van der Waals surface area contributed by atoms with Crippen molar-refractivity contribution in [2.45, 2.75) is 59.5 Å². The van der Waals surface area contributed by atoms with Gasteiger partial charge in [-0.2, -0.15) is 0 Å². The Morgan fingerprint density at radius 1 is 1.07 bits per heavy atom. The van der Waals surface area contributed by atoms with Gasteiger partial charge >= 0.3 is 11.9 Å². The van der Waals surface area contributed by atoms with Gasteiger partial charge in [-0.15, -0.1) is 0 Å². The normalized spacial score (nSPS) is 46.0. The van der Waals surface area contributed by atoms with E-state index in [0.29, 0.717) is 17.1 Å². The minimum atomic E-state index is -1.76. The Morgan fingerprint density at radius 3 is 2.13 bits per heavy atom. The van der Waals surface area contributed by atoms with Crippen LogP contribution in [-0.2, 0) is 14.4 Å². The average molecular weight is 417 g/mol. The van der Waals surface area contributed by atoms with E-state index in [0.717, 1.165) is 6.42 Å². The molecule has 3 N–H and O–H groups in total. The van der Waals surface area contributed by atoms with Crippen molar-refractivity contribution in [2.75, 3.05) is 0 Å². The Bertz CT molecular complexity index is 897. The van der Waals surface area contributed by atoms with Crippen molar-refractivity contribution in [2.24, 2.45) is 46.3 Å². The molecule has 0 aromatic heterocycles. The van der Waals surface area contributed by atoms with Crippen LogP contribution in [0, 0.1) is 46.3 Å². The maximum atomic E-state index is 14.2. The average Bonchev–Trinajstić information content (AvgIpc) is 3.11. The number of fused-ring (bicyclic) bond motifs is 3. The fourth-order valence-corrected chi connectivity index (χ4v) is 7.65. The van der Waals surface area contributed by atoms with Gasteiger partial charge in [-0.05, 0) is 43.4 Å². The SMILES string of the molecule is CC1=CC2C(=O)C3(C=C(C)C(CC(=O)O)C3(O)C1CC(=O)O)C(C)CC1C2C1(C)C. The predicted molar refractivity (Wildman–Crippen MR) is 109 cm³/mol. The molecular formula is C24H32O6. The van der Waals surface area contributed by atoms with Crippen LogP contribution in [0.25, 0.3) is 0 Å². The summed E-state index contributed by atoms with van der Waals surface area (Å²) in [4.78, 5) is 37.7. The molecule has 4 aliphatic carbocycles. The number of carbonyl (C=O) groups is 3. The van der Waals surface area contributed by atoms with Crippen molar-refractivity contribution in [1.29, 1.82) is 0 Å². The Balaban J connectivity index is 1.99. The maximum Gasteiger partial charge on any atom is 0.304 e. The molecule has 0 amide bonds. The smallest absolute Gasteiger partial charge is 0.304 e. The lowest BCUT2D eigenvalue weighted by molar-refractivity contribution is -0.172. The summed E-state index contributed by atoms with van der Waals surface area (Å²) in [5.41, 5.74) is -1.64. The second-order valence-electron chi connectivity index (χ2n) is 10.8. The molecule has 8 atom stereocenters. The fourth-order valence-electron chi connectivity index (χ4n) is 7.65. The van der Waals surface area contributed by atoms with E-state index in [2.05, 4.69) is 13.8 Å². The number of aliphatic hydroxyl groups is 1. The molecule has 4 rings (SSSR count). The number of allylic oxidation sites excluding steroid dienone is 1. The molecule has 0 aromatic rings. The van der Waals surface area contributed by atoms with Crippen LogP contribution >= 0.6 is 0 Å². The summed E-state index contributed by atoms with van der Waals surface area (Å²) in [7, 11) is 0. The Morgan fingerprint density at radius 2 is 1.60 bits per heavy atom. The summed E-state index contributed by atoms with van der Waals surface area (Å²) in [5, 5.41) is 31.6. The van der Waals surface area contributed by atoms with E-state index in [1.807, 2.05) is 19.1 Å². The molecule has 30 heavy (non-hydrogen) atoms. The van der Waals surface area contributed by atoms with Gasteiger partial charge in [0.15, 0.2) is 5.78 Å². The lowest BCUT2D eigenvalue weighted by Crippen LogP contribution is -2.61. The fraction of sp³-hybridized carbons (Fsp3) is 0.708. The third kappa shape index (κ3) is 2.43. The largest absolute Gasteiger partial charge is 0.481 e. The molecule has 2 fully saturated rings. The second kappa shape index (κ2) is 6.28. The number of Topliss-reactive ketones (excluding diaryl/α,β-unsaturated/α-hetero) is 1. The molecule has 0 saturated heterocycles. The quantitative estimate of drug-likeness (QED) is 0.606. The van der Waals surface area contributed by atoms with Crippen molar-refractivity contribution in [3.8, 4) is 0 Å². The van der Waals surface area contributed by atoms with Gasteiger partial charge in [0.2, 0.25) is 0 Å². The topological polar surface area (TPSA) is 112 Å². The minimum absolute atomic E-state index is 0.0234. The highest BCUT2D eigenvalue weighted by Gasteiger charge is 2.75. The van der Waals surface area contributed by atoms with E-state index in [4.69, 9.17) is 0 Å². The van der Waals surface area contributed by atoms with Gasteiger partial charge < -0.3 is 15.3 Å². The van der Waals surface area contributed by atoms with Crippen LogP contribution in [-0.4, -0.2) is 38.6 Å². The number of carboxylic acids is 2. The predicted octanol–water partition coefficient (Wildman–Crippen LogP) is 3.30. The van der Waals surface area contributed by atoms with E-state index in [-0.39, 0.29) is 41.8 Å². The summed E-state index contributed by atoms with van der Waals surface area (Å²) in [6.07, 6.45) is 3.83. The first-order chi connectivity index (χ1) is 13.8. The molecule has 8 unspecified atom stereocenters. The van der Waals surface area contributed by atoms with Crippen LogP contribution in [0.5, 0.6) is 0 Å². The summed E-state index contributed by atoms with van der Waals surface area (Å²) in [6.45, 7) is 9.90. The zero-order chi connectivity index (χ0) is 22.4. The van der Waals surface area contributed by atoms with Gasteiger partial charge in [-0.1, -0.05) is 44.1 Å². The third-order valence-corrected chi connectivity index (χ3v) is 9.10. The molecule has 2 saturated carbocycles. The molecule has 0 aliphatic heterocycles. The molecule has 164 valence electrons. The highest BCUT2D eigenvalue weighted by molar-refractivity contribution is 5.95. The van der Waals surface area contributed by atoms with Gasteiger partial charge in [0, 0.05) is 17.8 Å². The summed E-state index contributed by atoms with van der Waals surface area (Å²) in [6, 6.07) is 0. The number of carboxylic acid groups (broad SMARTS) is 2. The van der Waals surface area contributed by atoms with Crippen LogP contribution in [0.4, 0.5) is 0 Å². The number of hydrogen-bond donors (Lipinski definition) is 3. The zero-order valence-corrected chi connectivity index (χ0v) is 18.3. The molecule has 1 spiro atoms. The van der Waals surface area contributed by atoms with E-state index in [1.54, 1.807) is 13.8 Å². The Hall–Kier alpha value is -1.95. The molecule has 4 aliphatic rings. The lowest BCUT2D eigenvalue weighted by Gasteiger charge is -2.51. The molecular weight excluding hydrogens is 384 g/mol. The van der Waals surface area contributed by atoms with Crippen molar-refractivity contribution >= 4 is 17.7 Å². The summed E-state index contributed by atoms with van der Waals surface area (Å²) >= 11 is 0. The van der Waals surface area contributed by atoms with Crippen molar-refractivity contribution in [3.63, 3.8) is 0 Å². The Kier molecular flexibility index (Phi) is 4.46.